The van der Waals surface area contributed by atoms with E-state index in [9.17, 15) is 4.39 Å². The van der Waals surface area contributed by atoms with E-state index in [0.717, 1.165) is 6.42 Å². The Kier molecular flexibility index (Phi) is 3.18. The Balaban J connectivity index is 1.80. The number of hydrogen-bond acceptors (Lipinski definition) is 3. The molecule has 1 saturated heterocycles. The largest absolute Gasteiger partial charge is 0.491 e. The van der Waals surface area contributed by atoms with E-state index in [2.05, 4.69) is 0 Å². The first-order valence-corrected chi connectivity index (χ1v) is 4.96. The van der Waals surface area contributed by atoms with Crippen LogP contribution in [-0.4, -0.2) is 24.1 Å². The molecule has 1 aromatic rings. The Morgan fingerprint density at radius 2 is 2.07 bits per heavy atom. The minimum atomic E-state index is -0.660. The Labute approximate surface area is 87.4 Å². The van der Waals surface area contributed by atoms with Crippen LogP contribution < -0.4 is 4.74 Å². The second-order valence-corrected chi connectivity index (χ2v) is 3.56. The molecule has 0 radical (unpaired) electrons. The Bertz CT molecular complexity index is 312. The summed E-state index contributed by atoms with van der Waals surface area (Å²) in [4.78, 5) is 0. The standard InChI is InChI=1S/C11H13FO3/c12-8-1-3-9(4-2-8)14-7-10-5-6-11(13)15-10/h1-4,10-11,13H,5-7H2. The summed E-state index contributed by atoms with van der Waals surface area (Å²) in [6.07, 6.45) is 0.719. The number of aliphatic hydroxyl groups is 1. The van der Waals surface area contributed by atoms with Gasteiger partial charge >= 0.3 is 0 Å². The van der Waals surface area contributed by atoms with Gasteiger partial charge < -0.3 is 14.6 Å². The van der Waals surface area contributed by atoms with Gasteiger partial charge in [-0.25, -0.2) is 4.39 Å². The fourth-order valence-electron chi connectivity index (χ4n) is 1.53. The van der Waals surface area contributed by atoms with Gasteiger partial charge in [0.25, 0.3) is 0 Å². The van der Waals surface area contributed by atoms with E-state index < -0.39 is 6.29 Å². The summed E-state index contributed by atoms with van der Waals surface area (Å²) in [7, 11) is 0. The van der Waals surface area contributed by atoms with Crippen LogP contribution in [0.4, 0.5) is 4.39 Å². The Hall–Kier alpha value is -1.13. The minimum Gasteiger partial charge on any atom is -0.491 e. The highest BCUT2D eigenvalue weighted by molar-refractivity contribution is 5.22. The number of aliphatic hydroxyl groups excluding tert-OH is 1. The lowest BCUT2D eigenvalue weighted by Crippen LogP contribution is -2.18. The van der Waals surface area contributed by atoms with Crippen LogP contribution in [0, 0.1) is 5.82 Å². The highest BCUT2D eigenvalue weighted by Gasteiger charge is 2.23. The Morgan fingerprint density at radius 3 is 2.67 bits per heavy atom. The van der Waals surface area contributed by atoms with Crippen molar-refractivity contribution in [2.24, 2.45) is 0 Å². The summed E-state index contributed by atoms with van der Waals surface area (Å²) in [5.41, 5.74) is 0. The van der Waals surface area contributed by atoms with Crippen molar-refractivity contribution >= 4 is 0 Å². The van der Waals surface area contributed by atoms with E-state index in [1.54, 1.807) is 12.1 Å². The maximum Gasteiger partial charge on any atom is 0.155 e. The van der Waals surface area contributed by atoms with Gasteiger partial charge in [-0.3, -0.25) is 0 Å². The van der Waals surface area contributed by atoms with Crippen molar-refractivity contribution in [1.82, 2.24) is 0 Å². The summed E-state index contributed by atoms with van der Waals surface area (Å²) >= 11 is 0. The summed E-state index contributed by atoms with van der Waals surface area (Å²) in [6.45, 7) is 0.392. The molecule has 0 amide bonds. The third-order valence-corrected chi connectivity index (χ3v) is 2.33. The maximum atomic E-state index is 12.6. The van der Waals surface area contributed by atoms with Gasteiger partial charge in [0.2, 0.25) is 0 Å². The maximum absolute atomic E-state index is 12.6. The van der Waals surface area contributed by atoms with Gasteiger partial charge in [0, 0.05) is 6.42 Å². The fourth-order valence-corrected chi connectivity index (χ4v) is 1.53. The van der Waals surface area contributed by atoms with Gasteiger partial charge in [0.05, 0.1) is 6.10 Å². The van der Waals surface area contributed by atoms with E-state index in [4.69, 9.17) is 14.6 Å². The smallest absolute Gasteiger partial charge is 0.155 e. The van der Waals surface area contributed by atoms with Gasteiger partial charge in [0.15, 0.2) is 6.29 Å². The molecule has 1 N–H and O–H groups in total. The van der Waals surface area contributed by atoms with Crippen molar-refractivity contribution in [3.63, 3.8) is 0 Å². The van der Waals surface area contributed by atoms with Gasteiger partial charge in [-0.1, -0.05) is 0 Å². The molecule has 1 aliphatic heterocycles. The molecule has 82 valence electrons. The lowest BCUT2D eigenvalue weighted by atomic mass is 10.2. The van der Waals surface area contributed by atoms with E-state index in [1.807, 2.05) is 0 Å². The van der Waals surface area contributed by atoms with E-state index >= 15 is 0 Å². The molecule has 0 bridgehead atoms. The SMILES string of the molecule is OC1CCC(COc2ccc(F)cc2)O1. The quantitative estimate of drug-likeness (QED) is 0.828. The molecule has 0 spiro atoms. The van der Waals surface area contributed by atoms with Crippen molar-refractivity contribution < 1.29 is 19.0 Å². The molecular formula is C11H13FO3. The average molecular weight is 212 g/mol. The van der Waals surface area contributed by atoms with E-state index in [1.165, 1.54) is 12.1 Å². The molecule has 1 aliphatic rings. The molecule has 2 rings (SSSR count). The highest BCUT2D eigenvalue weighted by atomic mass is 19.1. The van der Waals surface area contributed by atoms with Gasteiger partial charge in [-0.05, 0) is 30.7 Å². The average Bonchev–Trinajstić information content (AvgIpc) is 2.64. The lowest BCUT2D eigenvalue weighted by Gasteiger charge is -2.11. The van der Waals surface area contributed by atoms with Crippen molar-refractivity contribution in [1.29, 1.82) is 0 Å². The molecule has 1 aromatic carbocycles. The van der Waals surface area contributed by atoms with Crippen LogP contribution >= 0.6 is 0 Å². The molecule has 0 aromatic heterocycles. The van der Waals surface area contributed by atoms with E-state index in [-0.39, 0.29) is 11.9 Å². The first-order valence-electron chi connectivity index (χ1n) is 4.96. The van der Waals surface area contributed by atoms with Crippen molar-refractivity contribution in [2.45, 2.75) is 25.2 Å². The number of benzene rings is 1. The molecule has 1 fully saturated rings. The van der Waals surface area contributed by atoms with Crippen LogP contribution in [-0.2, 0) is 4.74 Å². The molecule has 4 heteroatoms. The van der Waals surface area contributed by atoms with Crippen LogP contribution in [0.5, 0.6) is 5.75 Å². The zero-order valence-corrected chi connectivity index (χ0v) is 8.23. The summed E-state index contributed by atoms with van der Waals surface area (Å²) in [5, 5.41) is 9.11. The van der Waals surface area contributed by atoms with Gasteiger partial charge in [-0.2, -0.15) is 0 Å². The van der Waals surface area contributed by atoms with Crippen LogP contribution in [0.1, 0.15) is 12.8 Å². The van der Waals surface area contributed by atoms with E-state index in [0.29, 0.717) is 18.8 Å². The molecular weight excluding hydrogens is 199 g/mol. The summed E-state index contributed by atoms with van der Waals surface area (Å²) in [6, 6.07) is 5.83. The predicted octanol–water partition coefficient (Wildman–Crippen LogP) is 1.70. The topological polar surface area (TPSA) is 38.7 Å². The molecule has 15 heavy (non-hydrogen) atoms. The molecule has 2 atom stereocenters. The third kappa shape index (κ3) is 2.91. The molecule has 2 unspecified atom stereocenters. The van der Waals surface area contributed by atoms with Crippen molar-refractivity contribution in [3.05, 3.63) is 30.1 Å². The summed E-state index contributed by atoms with van der Waals surface area (Å²) in [5.74, 6) is 0.330. The molecule has 0 saturated carbocycles. The first-order chi connectivity index (χ1) is 7.24. The zero-order valence-electron chi connectivity index (χ0n) is 8.23. The highest BCUT2D eigenvalue weighted by Crippen LogP contribution is 2.19. The van der Waals surface area contributed by atoms with Crippen LogP contribution in [0.2, 0.25) is 0 Å². The number of rotatable bonds is 3. The van der Waals surface area contributed by atoms with Gasteiger partial charge in [-0.15, -0.1) is 0 Å². The van der Waals surface area contributed by atoms with Crippen LogP contribution in [0.25, 0.3) is 0 Å². The van der Waals surface area contributed by atoms with Crippen molar-refractivity contribution in [3.8, 4) is 5.75 Å². The number of ether oxygens (including phenoxy) is 2. The molecule has 1 heterocycles. The van der Waals surface area contributed by atoms with Crippen LogP contribution in [0.15, 0.2) is 24.3 Å². The fraction of sp³-hybridized carbons (Fsp3) is 0.455. The number of hydrogen-bond donors (Lipinski definition) is 1. The zero-order chi connectivity index (χ0) is 10.7. The Morgan fingerprint density at radius 1 is 1.33 bits per heavy atom. The first kappa shape index (κ1) is 10.4. The van der Waals surface area contributed by atoms with Gasteiger partial charge in [0.1, 0.15) is 18.2 Å². The second-order valence-electron chi connectivity index (χ2n) is 3.56. The second kappa shape index (κ2) is 4.59. The molecule has 3 nitrogen and oxygen atoms in total. The van der Waals surface area contributed by atoms with Crippen molar-refractivity contribution in [2.75, 3.05) is 6.61 Å². The number of halogens is 1. The van der Waals surface area contributed by atoms with Crippen LogP contribution in [0.3, 0.4) is 0 Å². The third-order valence-electron chi connectivity index (χ3n) is 2.33. The minimum absolute atomic E-state index is 0.0648. The lowest BCUT2D eigenvalue weighted by molar-refractivity contribution is -0.0984. The summed E-state index contributed by atoms with van der Waals surface area (Å²) < 4.78 is 23.1. The predicted molar refractivity (Wildman–Crippen MR) is 52.0 cm³/mol. The monoisotopic (exact) mass is 212 g/mol. The normalized spacial score (nSPS) is 25.5. The molecule has 0 aliphatic carbocycles.